The Bertz CT molecular complexity index is 640. The number of aryl methyl sites for hydroxylation is 1. The molecule has 1 unspecified atom stereocenters. The normalized spacial score (nSPS) is 17.3. The van der Waals surface area contributed by atoms with Gasteiger partial charge in [0.2, 0.25) is 0 Å². The summed E-state index contributed by atoms with van der Waals surface area (Å²) in [6.07, 6.45) is 3.07. The molecule has 5 heteroatoms. The van der Waals surface area contributed by atoms with Crippen molar-refractivity contribution in [1.82, 2.24) is 9.97 Å². The predicted octanol–water partition coefficient (Wildman–Crippen LogP) is 2.21. The Balaban J connectivity index is 1.97. The van der Waals surface area contributed by atoms with E-state index in [0.717, 1.165) is 17.1 Å². The number of rotatable bonds is 1. The zero-order chi connectivity index (χ0) is 14.1. The first-order valence-electron chi connectivity index (χ1n) is 6.51. The molecule has 0 N–H and O–H groups in total. The summed E-state index contributed by atoms with van der Waals surface area (Å²) in [5.74, 6) is 0.569. The fourth-order valence-electron chi connectivity index (χ4n) is 2.22. The van der Waals surface area contributed by atoms with Crippen LogP contribution < -0.4 is 9.64 Å². The first-order chi connectivity index (χ1) is 9.65. The number of carbonyl (C=O) groups excluding carboxylic acids is 1. The topological polar surface area (TPSA) is 55.3 Å². The first-order valence-corrected chi connectivity index (χ1v) is 6.51. The molecule has 0 spiro atoms. The van der Waals surface area contributed by atoms with Gasteiger partial charge in [-0.1, -0.05) is 12.1 Å². The van der Waals surface area contributed by atoms with Crippen LogP contribution in [0.15, 0.2) is 36.7 Å². The lowest BCUT2D eigenvalue weighted by atomic mass is 10.2. The highest BCUT2D eigenvalue weighted by molar-refractivity contribution is 6.05. The maximum Gasteiger partial charge on any atom is 0.278 e. The SMILES string of the molecule is Cc1cnc(C(=O)N2CC(C)Oc3ccccc32)cn1. The Morgan fingerprint density at radius 3 is 2.85 bits per heavy atom. The van der Waals surface area contributed by atoms with Crippen molar-refractivity contribution in [1.29, 1.82) is 0 Å². The second kappa shape index (κ2) is 4.92. The molecule has 0 saturated heterocycles. The van der Waals surface area contributed by atoms with Crippen LogP contribution in [0.5, 0.6) is 5.75 Å². The highest BCUT2D eigenvalue weighted by atomic mass is 16.5. The van der Waals surface area contributed by atoms with Crippen LogP contribution >= 0.6 is 0 Å². The lowest BCUT2D eigenvalue weighted by Crippen LogP contribution is -2.42. The average molecular weight is 269 g/mol. The molecule has 0 aliphatic carbocycles. The van der Waals surface area contributed by atoms with Gasteiger partial charge in [0.05, 0.1) is 24.1 Å². The van der Waals surface area contributed by atoms with Crippen LogP contribution in [0.1, 0.15) is 23.1 Å². The van der Waals surface area contributed by atoms with Crippen LogP contribution in [-0.4, -0.2) is 28.5 Å². The number of anilines is 1. The molecule has 0 bridgehead atoms. The summed E-state index contributed by atoms with van der Waals surface area (Å²) in [5.41, 5.74) is 1.91. The number of nitrogens with zero attached hydrogens (tertiary/aromatic N) is 3. The van der Waals surface area contributed by atoms with Crippen molar-refractivity contribution in [3.63, 3.8) is 0 Å². The van der Waals surface area contributed by atoms with Crippen LogP contribution in [0.4, 0.5) is 5.69 Å². The molecule has 1 atom stereocenters. The molecule has 2 aromatic rings. The minimum Gasteiger partial charge on any atom is -0.487 e. The Kier molecular flexibility index (Phi) is 3.10. The van der Waals surface area contributed by atoms with Crippen molar-refractivity contribution in [2.45, 2.75) is 20.0 Å². The average Bonchev–Trinajstić information content (AvgIpc) is 2.46. The van der Waals surface area contributed by atoms with Crippen molar-refractivity contribution in [2.75, 3.05) is 11.4 Å². The van der Waals surface area contributed by atoms with E-state index < -0.39 is 0 Å². The second-order valence-electron chi connectivity index (χ2n) is 4.85. The van der Waals surface area contributed by atoms with E-state index in [-0.39, 0.29) is 12.0 Å². The fraction of sp³-hybridized carbons (Fsp3) is 0.267. The molecule has 1 aliphatic heterocycles. The molecule has 3 rings (SSSR count). The molecule has 0 saturated carbocycles. The van der Waals surface area contributed by atoms with Gasteiger partial charge < -0.3 is 4.74 Å². The minimum absolute atomic E-state index is 0.0488. The summed E-state index contributed by atoms with van der Waals surface area (Å²) >= 11 is 0. The number of hydrogen-bond acceptors (Lipinski definition) is 4. The molecule has 2 heterocycles. The molecule has 102 valence electrons. The minimum atomic E-state index is -0.153. The Morgan fingerprint density at radius 2 is 2.10 bits per heavy atom. The smallest absolute Gasteiger partial charge is 0.278 e. The van der Waals surface area contributed by atoms with E-state index in [9.17, 15) is 4.79 Å². The van der Waals surface area contributed by atoms with Crippen molar-refractivity contribution in [3.05, 3.63) is 48.0 Å². The number of benzene rings is 1. The van der Waals surface area contributed by atoms with Gasteiger partial charge in [-0.05, 0) is 26.0 Å². The molecular formula is C15H15N3O2. The number of para-hydroxylation sites is 2. The number of fused-ring (bicyclic) bond motifs is 1. The summed E-state index contributed by atoms with van der Waals surface area (Å²) in [4.78, 5) is 22.6. The summed E-state index contributed by atoms with van der Waals surface area (Å²) in [5, 5.41) is 0. The number of amides is 1. The molecule has 20 heavy (non-hydrogen) atoms. The van der Waals surface area contributed by atoms with Gasteiger partial charge in [-0.2, -0.15) is 0 Å². The first kappa shape index (κ1) is 12.6. The van der Waals surface area contributed by atoms with E-state index in [4.69, 9.17) is 4.74 Å². The molecular weight excluding hydrogens is 254 g/mol. The van der Waals surface area contributed by atoms with Gasteiger partial charge in [0.1, 0.15) is 17.5 Å². The number of aromatic nitrogens is 2. The van der Waals surface area contributed by atoms with E-state index in [2.05, 4.69) is 9.97 Å². The van der Waals surface area contributed by atoms with Crippen molar-refractivity contribution in [2.24, 2.45) is 0 Å². The molecule has 0 radical (unpaired) electrons. The summed E-state index contributed by atoms with van der Waals surface area (Å²) in [6.45, 7) is 4.29. The standard InChI is InChI=1S/C15H15N3O2/c1-10-7-17-12(8-16-10)15(19)18-9-11(2)20-14-6-4-3-5-13(14)18/h3-8,11H,9H2,1-2H3. The molecule has 1 aliphatic rings. The van der Waals surface area contributed by atoms with Gasteiger partial charge in [-0.3, -0.25) is 14.7 Å². The van der Waals surface area contributed by atoms with Crippen molar-refractivity contribution < 1.29 is 9.53 Å². The Labute approximate surface area is 117 Å². The van der Waals surface area contributed by atoms with E-state index in [1.165, 1.54) is 6.20 Å². The Hall–Kier alpha value is -2.43. The third kappa shape index (κ3) is 2.22. The zero-order valence-electron chi connectivity index (χ0n) is 11.4. The van der Waals surface area contributed by atoms with E-state index >= 15 is 0 Å². The van der Waals surface area contributed by atoms with E-state index in [1.54, 1.807) is 11.1 Å². The molecule has 0 fully saturated rings. The monoisotopic (exact) mass is 269 g/mol. The van der Waals surface area contributed by atoms with Crippen LogP contribution in [-0.2, 0) is 0 Å². The van der Waals surface area contributed by atoms with Crippen molar-refractivity contribution >= 4 is 11.6 Å². The summed E-state index contributed by atoms with van der Waals surface area (Å²) in [6, 6.07) is 7.53. The number of carbonyl (C=O) groups is 1. The molecule has 1 aromatic heterocycles. The maximum atomic E-state index is 12.6. The highest BCUT2D eigenvalue weighted by Crippen LogP contribution is 2.33. The fourth-order valence-corrected chi connectivity index (χ4v) is 2.22. The van der Waals surface area contributed by atoms with E-state index in [0.29, 0.717) is 12.2 Å². The lowest BCUT2D eigenvalue weighted by molar-refractivity contribution is 0.0956. The quantitative estimate of drug-likeness (QED) is 0.796. The second-order valence-corrected chi connectivity index (χ2v) is 4.85. The van der Waals surface area contributed by atoms with Gasteiger partial charge >= 0.3 is 0 Å². The summed E-state index contributed by atoms with van der Waals surface area (Å²) in [7, 11) is 0. The summed E-state index contributed by atoms with van der Waals surface area (Å²) < 4.78 is 5.74. The molecule has 1 aromatic carbocycles. The van der Waals surface area contributed by atoms with Crippen LogP contribution in [0.25, 0.3) is 0 Å². The third-order valence-corrected chi connectivity index (χ3v) is 3.17. The Morgan fingerprint density at radius 1 is 1.30 bits per heavy atom. The largest absolute Gasteiger partial charge is 0.487 e. The van der Waals surface area contributed by atoms with Crippen LogP contribution in [0.3, 0.4) is 0 Å². The number of ether oxygens (including phenoxy) is 1. The van der Waals surface area contributed by atoms with Crippen LogP contribution in [0, 0.1) is 6.92 Å². The number of hydrogen-bond donors (Lipinski definition) is 0. The van der Waals surface area contributed by atoms with E-state index in [1.807, 2.05) is 38.1 Å². The molecule has 1 amide bonds. The maximum absolute atomic E-state index is 12.6. The third-order valence-electron chi connectivity index (χ3n) is 3.17. The predicted molar refractivity (Wildman–Crippen MR) is 75.0 cm³/mol. The van der Waals surface area contributed by atoms with Crippen molar-refractivity contribution in [3.8, 4) is 5.75 Å². The lowest BCUT2D eigenvalue weighted by Gasteiger charge is -2.33. The van der Waals surface area contributed by atoms with Crippen LogP contribution in [0.2, 0.25) is 0 Å². The van der Waals surface area contributed by atoms with Gasteiger partial charge in [0.15, 0.2) is 0 Å². The van der Waals surface area contributed by atoms with Gasteiger partial charge in [-0.15, -0.1) is 0 Å². The van der Waals surface area contributed by atoms with Gasteiger partial charge in [-0.25, -0.2) is 4.98 Å². The highest BCUT2D eigenvalue weighted by Gasteiger charge is 2.28. The van der Waals surface area contributed by atoms with Gasteiger partial charge in [0.25, 0.3) is 5.91 Å². The zero-order valence-corrected chi connectivity index (χ0v) is 11.4. The molecule has 5 nitrogen and oxygen atoms in total. The van der Waals surface area contributed by atoms with Gasteiger partial charge in [0, 0.05) is 6.20 Å².